The number of hydrogen-bond donors (Lipinski definition) is 0. The van der Waals surface area contributed by atoms with Crippen LogP contribution in [-0.4, -0.2) is 20.0 Å². The highest BCUT2D eigenvalue weighted by atomic mass is 16.5. The first-order valence-corrected chi connectivity index (χ1v) is 6.84. The molecular formula is C19H18O3. The molecule has 112 valence electrons. The van der Waals surface area contributed by atoms with E-state index in [1.807, 2.05) is 30.3 Å². The standard InChI is InChI=1S/C19H18O3/c1-14(16-10-12-18(21-2)19(13-16)22-3)17(20)11-9-15-7-5-4-6-8-15/h4-13H,1H2,2-3H3/b11-9+. The number of hydrogen-bond acceptors (Lipinski definition) is 3. The summed E-state index contributed by atoms with van der Waals surface area (Å²) in [7, 11) is 3.13. The molecule has 2 aromatic rings. The van der Waals surface area contributed by atoms with Gasteiger partial charge in [0.1, 0.15) is 0 Å². The molecule has 0 aliphatic heterocycles. The average molecular weight is 294 g/mol. The van der Waals surface area contributed by atoms with E-state index in [1.165, 1.54) is 6.08 Å². The minimum Gasteiger partial charge on any atom is -0.493 e. The van der Waals surface area contributed by atoms with Crippen molar-refractivity contribution in [1.29, 1.82) is 0 Å². The van der Waals surface area contributed by atoms with Gasteiger partial charge < -0.3 is 9.47 Å². The maximum atomic E-state index is 12.2. The molecule has 2 rings (SSSR count). The molecular weight excluding hydrogens is 276 g/mol. The largest absolute Gasteiger partial charge is 0.493 e. The molecule has 2 aromatic carbocycles. The molecule has 0 radical (unpaired) electrons. The second-order valence-electron chi connectivity index (χ2n) is 4.66. The van der Waals surface area contributed by atoms with Gasteiger partial charge in [-0.05, 0) is 29.3 Å². The van der Waals surface area contributed by atoms with Gasteiger partial charge in [0.2, 0.25) is 0 Å². The number of benzene rings is 2. The van der Waals surface area contributed by atoms with Crippen LogP contribution in [0.25, 0.3) is 11.6 Å². The van der Waals surface area contributed by atoms with Crippen molar-refractivity contribution in [1.82, 2.24) is 0 Å². The Kier molecular flexibility index (Phi) is 5.15. The third-order valence-corrected chi connectivity index (χ3v) is 3.26. The Morgan fingerprint density at radius 3 is 2.32 bits per heavy atom. The van der Waals surface area contributed by atoms with Crippen molar-refractivity contribution in [3.63, 3.8) is 0 Å². The summed E-state index contributed by atoms with van der Waals surface area (Å²) in [4.78, 5) is 12.2. The van der Waals surface area contributed by atoms with Gasteiger partial charge in [-0.25, -0.2) is 0 Å². The first-order valence-electron chi connectivity index (χ1n) is 6.84. The van der Waals surface area contributed by atoms with Crippen LogP contribution in [0.15, 0.2) is 61.2 Å². The third kappa shape index (κ3) is 3.64. The Labute approximate surface area is 130 Å². The summed E-state index contributed by atoms with van der Waals surface area (Å²) in [6.45, 7) is 3.87. The fourth-order valence-corrected chi connectivity index (χ4v) is 2.00. The first kappa shape index (κ1) is 15.6. The summed E-state index contributed by atoms with van der Waals surface area (Å²) in [5.41, 5.74) is 2.09. The van der Waals surface area contributed by atoms with Crippen LogP contribution in [0.1, 0.15) is 11.1 Å². The quantitative estimate of drug-likeness (QED) is 0.755. The highest BCUT2D eigenvalue weighted by molar-refractivity contribution is 6.26. The van der Waals surface area contributed by atoms with E-state index in [9.17, 15) is 4.79 Å². The molecule has 0 amide bonds. The Bertz CT molecular complexity index is 700. The van der Waals surface area contributed by atoms with E-state index in [0.717, 1.165) is 5.56 Å². The van der Waals surface area contributed by atoms with Crippen molar-refractivity contribution in [3.05, 3.63) is 72.3 Å². The van der Waals surface area contributed by atoms with Crippen molar-refractivity contribution >= 4 is 17.4 Å². The molecule has 3 nitrogen and oxygen atoms in total. The fraction of sp³-hybridized carbons (Fsp3) is 0.105. The number of carbonyl (C=O) groups excluding carboxylic acids is 1. The minimum absolute atomic E-state index is 0.143. The second kappa shape index (κ2) is 7.27. The second-order valence-corrected chi connectivity index (χ2v) is 4.66. The zero-order chi connectivity index (χ0) is 15.9. The normalized spacial score (nSPS) is 10.5. The molecule has 0 unspecified atom stereocenters. The van der Waals surface area contributed by atoms with Crippen molar-refractivity contribution in [2.45, 2.75) is 0 Å². The number of ketones is 1. The topological polar surface area (TPSA) is 35.5 Å². The van der Waals surface area contributed by atoms with Crippen molar-refractivity contribution in [2.24, 2.45) is 0 Å². The van der Waals surface area contributed by atoms with Gasteiger partial charge in [0.25, 0.3) is 0 Å². The Morgan fingerprint density at radius 2 is 1.68 bits per heavy atom. The van der Waals surface area contributed by atoms with Crippen LogP contribution in [0.2, 0.25) is 0 Å². The van der Waals surface area contributed by atoms with Gasteiger partial charge in [0.15, 0.2) is 17.3 Å². The highest BCUT2D eigenvalue weighted by Crippen LogP contribution is 2.30. The molecule has 0 atom stereocenters. The summed E-state index contributed by atoms with van der Waals surface area (Å²) in [5.74, 6) is 1.04. The van der Waals surface area contributed by atoms with Crippen molar-refractivity contribution < 1.29 is 14.3 Å². The van der Waals surface area contributed by atoms with E-state index in [0.29, 0.717) is 22.6 Å². The van der Waals surface area contributed by atoms with E-state index in [-0.39, 0.29) is 5.78 Å². The maximum absolute atomic E-state index is 12.2. The summed E-state index contributed by atoms with van der Waals surface area (Å²) in [6.07, 6.45) is 3.29. The van der Waals surface area contributed by atoms with E-state index in [2.05, 4.69) is 6.58 Å². The predicted octanol–water partition coefficient (Wildman–Crippen LogP) is 4.00. The van der Waals surface area contributed by atoms with Crippen molar-refractivity contribution in [2.75, 3.05) is 14.2 Å². The lowest BCUT2D eigenvalue weighted by molar-refractivity contribution is -0.109. The SMILES string of the molecule is C=C(C(=O)/C=C/c1ccccc1)c1ccc(OC)c(OC)c1. The van der Waals surface area contributed by atoms with Crippen LogP contribution in [0.5, 0.6) is 11.5 Å². The van der Waals surface area contributed by atoms with E-state index in [1.54, 1.807) is 38.5 Å². The zero-order valence-electron chi connectivity index (χ0n) is 12.7. The van der Waals surface area contributed by atoms with Crippen LogP contribution in [0, 0.1) is 0 Å². The Balaban J connectivity index is 2.17. The molecule has 0 aliphatic rings. The van der Waals surface area contributed by atoms with Gasteiger partial charge in [-0.15, -0.1) is 0 Å². The molecule has 0 saturated heterocycles. The summed E-state index contributed by atoms with van der Waals surface area (Å²) in [5, 5.41) is 0. The van der Waals surface area contributed by atoms with Crippen LogP contribution >= 0.6 is 0 Å². The number of ether oxygens (including phenoxy) is 2. The molecule has 0 fully saturated rings. The highest BCUT2D eigenvalue weighted by Gasteiger charge is 2.10. The number of methoxy groups -OCH3 is 2. The van der Waals surface area contributed by atoms with Crippen LogP contribution in [0.4, 0.5) is 0 Å². The first-order chi connectivity index (χ1) is 10.7. The Hall–Kier alpha value is -2.81. The average Bonchev–Trinajstić information content (AvgIpc) is 2.59. The summed E-state index contributed by atoms with van der Waals surface area (Å²) >= 11 is 0. The summed E-state index contributed by atoms with van der Waals surface area (Å²) in [6, 6.07) is 14.9. The Morgan fingerprint density at radius 1 is 1.00 bits per heavy atom. The minimum atomic E-state index is -0.143. The number of carbonyl (C=O) groups is 1. The molecule has 0 aliphatic carbocycles. The lowest BCUT2D eigenvalue weighted by Crippen LogP contribution is -1.98. The lowest BCUT2D eigenvalue weighted by atomic mass is 10.0. The molecule has 0 N–H and O–H groups in total. The molecule has 0 spiro atoms. The molecule has 0 saturated carbocycles. The van der Waals surface area contributed by atoms with E-state index < -0.39 is 0 Å². The van der Waals surface area contributed by atoms with Crippen LogP contribution in [-0.2, 0) is 4.79 Å². The van der Waals surface area contributed by atoms with Crippen LogP contribution < -0.4 is 9.47 Å². The maximum Gasteiger partial charge on any atom is 0.185 e. The van der Waals surface area contributed by atoms with Gasteiger partial charge in [-0.2, -0.15) is 0 Å². The molecule has 0 aromatic heterocycles. The monoisotopic (exact) mass is 294 g/mol. The molecule has 3 heteroatoms. The van der Waals surface area contributed by atoms with Gasteiger partial charge in [-0.1, -0.05) is 49.1 Å². The van der Waals surface area contributed by atoms with E-state index >= 15 is 0 Å². The number of allylic oxidation sites excluding steroid dienone is 2. The molecule has 0 heterocycles. The van der Waals surface area contributed by atoms with Gasteiger partial charge in [-0.3, -0.25) is 4.79 Å². The van der Waals surface area contributed by atoms with Gasteiger partial charge in [0, 0.05) is 5.57 Å². The third-order valence-electron chi connectivity index (χ3n) is 3.26. The molecule has 0 bridgehead atoms. The van der Waals surface area contributed by atoms with Crippen molar-refractivity contribution in [3.8, 4) is 11.5 Å². The van der Waals surface area contributed by atoms with E-state index in [4.69, 9.17) is 9.47 Å². The van der Waals surface area contributed by atoms with Crippen LogP contribution in [0.3, 0.4) is 0 Å². The fourth-order valence-electron chi connectivity index (χ4n) is 2.00. The predicted molar refractivity (Wildman–Crippen MR) is 89.1 cm³/mol. The smallest absolute Gasteiger partial charge is 0.185 e. The molecule has 22 heavy (non-hydrogen) atoms. The number of rotatable bonds is 6. The zero-order valence-corrected chi connectivity index (χ0v) is 12.7. The van der Waals surface area contributed by atoms with Gasteiger partial charge >= 0.3 is 0 Å². The van der Waals surface area contributed by atoms with Gasteiger partial charge in [0.05, 0.1) is 14.2 Å². The summed E-state index contributed by atoms with van der Waals surface area (Å²) < 4.78 is 10.4. The lowest BCUT2D eigenvalue weighted by Gasteiger charge is -2.09.